The molecule has 0 radical (unpaired) electrons. The molecule has 32 heavy (non-hydrogen) atoms. The number of carbonyl (C=O) groups excluding carboxylic acids is 3. The van der Waals surface area contributed by atoms with Gasteiger partial charge in [0.25, 0.3) is 0 Å². The number of ether oxygens (including phenoxy) is 2. The summed E-state index contributed by atoms with van der Waals surface area (Å²) < 4.78 is 10.8. The monoisotopic (exact) mass is 447 g/mol. The fraction of sp³-hybridized carbons (Fsp3) is 0.625. The largest absolute Gasteiger partial charge is 0.445 e. The molecule has 1 saturated heterocycles. The van der Waals surface area contributed by atoms with Gasteiger partial charge in [-0.05, 0) is 39.2 Å². The Morgan fingerprint density at radius 2 is 1.62 bits per heavy atom. The van der Waals surface area contributed by atoms with Crippen molar-refractivity contribution in [2.75, 3.05) is 33.2 Å². The highest BCUT2D eigenvalue weighted by molar-refractivity contribution is 5.77. The number of piperazine rings is 1. The van der Waals surface area contributed by atoms with Crippen LogP contribution in [0.1, 0.15) is 52.5 Å². The van der Waals surface area contributed by atoms with Gasteiger partial charge in [0.05, 0.1) is 0 Å². The zero-order valence-electron chi connectivity index (χ0n) is 20.0. The van der Waals surface area contributed by atoms with Crippen LogP contribution in [0.4, 0.5) is 9.59 Å². The fourth-order valence-electron chi connectivity index (χ4n) is 3.55. The van der Waals surface area contributed by atoms with E-state index in [0.29, 0.717) is 39.0 Å². The van der Waals surface area contributed by atoms with Gasteiger partial charge in [0.1, 0.15) is 12.2 Å². The van der Waals surface area contributed by atoms with E-state index in [4.69, 9.17) is 9.47 Å². The number of rotatable bonds is 7. The molecule has 0 bridgehead atoms. The van der Waals surface area contributed by atoms with Gasteiger partial charge in [-0.3, -0.25) is 4.79 Å². The number of amides is 3. The highest BCUT2D eigenvalue weighted by Crippen LogP contribution is 2.15. The van der Waals surface area contributed by atoms with Gasteiger partial charge in [0.2, 0.25) is 5.91 Å². The second-order valence-corrected chi connectivity index (χ2v) is 9.10. The Hall–Kier alpha value is -2.77. The van der Waals surface area contributed by atoms with Crippen LogP contribution in [-0.2, 0) is 20.9 Å². The Labute approximate surface area is 191 Å². The van der Waals surface area contributed by atoms with Crippen molar-refractivity contribution >= 4 is 18.1 Å². The van der Waals surface area contributed by atoms with Crippen LogP contribution in [0.15, 0.2) is 30.3 Å². The molecule has 8 heteroatoms. The van der Waals surface area contributed by atoms with E-state index in [2.05, 4.69) is 0 Å². The van der Waals surface area contributed by atoms with Gasteiger partial charge in [-0.25, -0.2) is 9.59 Å². The number of nitrogens with zero attached hydrogens (tertiary/aromatic N) is 3. The number of hydrogen-bond acceptors (Lipinski definition) is 5. The Bertz CT molecular complexity index is 755. The number of carbonyl (C=O) groups is 3. The first-order valence-corrected chi connectivity index (χ1v) is 11.3. The summed E-state index contributed by atoms with van der Waals surface area (Å²) in [4.78, 5) is 42.3. The summed E-state index contributed by atoms with van der Waals surface area (Å²) in [5.74, 6) is 0.0401. The van der Waals surface area contributed by atoms with E-state index in [-0.39, 0.29) is 30.7 Å². The third kappa shape index (κ3) is 8.05. The molecule has 2 rings (SSSR count). The lowest BCUT2D eigenvalue weighted by Gasteiger charge is -2.36. The summed E-state index contributed by atoms with van der Waals surface area (Å²) in [6.07, 6.45) is 0.918. The zero-order chi connectivity index (χ0) is 23.7. The average Bonchev–Trinajstić information content (AvgIpc) is 2.77. The second kappa shape index (κ2) is 11.7. The molecule has 1 aromatic carbocycles. The molecular weight excluding hydrogens is 410 g/mol. The highest BCUT2D eigenvalue weighted by atomic mass is 16.6. The van der Waals surface area contributed by atoms with Crippen molar-refractivity contribution in [3.8, 4) is 0 Å². The Balaban J connectivity index is 1.75. The van der Waals surface area contributed by atoms with E-state index in [0.717, 1.165) is 12.0 Å². The maximum absolute atomic E-state index is 12.7. The predicted octanol–water partition coefficient (Wildman–Crippen LogP) is 3.89. The van der Waals surface area contributed by atoms with Crippen LogP contribution in [0, 0.1) is 0 Å². The van der Waals surface area contributed by atoms with Gasteiger partial charge in [-0.2, -0.15) is 0 Å². The molecule has 0 aromatic heterocycles. The first kappa shape index (κ1) is 25.5. The fourth-order valence-corrected chi connectivity index (χ4v) is 3.55. The molecule has 0 unspecified atom stereocenters. The SMILES string of the molecule is CC[C@H](CCC(=O)N1CCN(C(=O)OC(C)(C)C)CC1)N(C)C(=O)OCc1ccccc1. The van der Waals surface area contributed by atoms with Crippen LogP contribution in [0.25, 0.3) is 0 Å². The summed E-state index contributed by atoms with van der Waals surface area (Å²) in [6, 6.07) is 9.46. The summed E-state index contributed by atoms with van der Waals surface area (Å²) in [5.41, 5.74) is 0.399. The van der Waals surface area contributed by atoms with Gasteiger partial charge in [0.15, 0.2) is 0 Å². The van der Waals surface area contributed by atoms with Crippen molar-refractivity contribution in [2.45, 2.75) is 65.2 Å². The van der Waals surface area contributed by atoms with E-state index in [1.54, 1.807) is 21.7 Å². The van der Waals surface area contributed by atoms with Gasteiger partial charge in [-0.15, -0.1) is 0 Å². The lowest BCUT2D eigenvalue weighted by Crippen LogP contribution is -2.51. The molecule has 1 aliphatic heterocycles. The predicted molar refractivity (Wildman–Crippen MR) is 122 cm³/mol. The minimum atomic E-state index is -0.534. The van der Waals surface area contributed by atoms with Crippen molar-refractivity contribution in [3.05, 3.63) is 35.9 Å². The third-order valence-electron chi connectivity index (χ3n) is 5.49. The van der Waals surface area contributed by atoms with Crippen molar-refractivity contribution in [2.24, 2.45) is 0 Å². The van der Waals surface area contributed by atoms with Gasteiger partial charge in [0, 0.05) is 45.7 Å². The van der Waals surface area contributed by atoms with E-state index in [9.17, 15) is 14.4 Å². The normalized spacial score (nSPS) is 15.2. The van der Waals surface area contributed by atoms with Crippen LogP contribution in [0.2, 0.25) is 0 Å². The molecule has 1 aromatic rings. The second-order valence-electron chi connectivity index (χ2n) is 9.10. The summed E-state index contributed by atoms with van der Waals surface area (Å²) in [7, 11) is 1.71. The molecule has 0 saturated carbocycles. The first-order chi connectivity index (χ1) is 15.1. The molecule has 1 atom stereocenters. The van der Waals surface area contributed by atoms with Crippen molar-refractivity contribution in [1.82, 2.24) is 14.7 Å². The van der Waals surface area contributed by atoms with Gasteiger partial charge >= 0.3 is 12.2 Å². The summed E-state index contributed by atoms with van der Waals surface area (Å²) in [5, 5.41) is 0. The van der Waals surface area contributed by atoms with E-state index < -0.39 is 5.60 Å². The minimum Gasteiger partial charge on any atom is -0.445 e. The zero-order valence-corrected chi connectivity index (χ0v) is 20.0. The Morgan fingerprint density at radius 1 is 1.03 bits per heavy atom. The molecule has 0 N–H and O–H groups in total. The highest BCUT2D eigenvalue weighted by Gasteiger charge is 2.28. The van der Waals surface area contributed by atoms with Crippen LogP contribution in [0.3, 0.4) is 0 Å². The quantitative estimate of drug-likeness (QED) is 0.634. The van der Waals surface area contributed by atoms with E-state index in [1.165, 1.54) is 0 Å². The smallest absolute Gasteiger partial charge is 0.410 e. The standard InChI is InChI=1S/C24H37N3O5/c1-6-20(25(5)22(29)31-18-19-10-8-7-9-11-19)12-13-21(28)26-14-16-27(17-15-26)23(30)32-24(2,3)4/h7-11,20H,6,12-18H2,1-5H3/t20-/m1/s1. The van der Waals surface area contributed by atoms with Crippen molar-refractivity contribution in [1.29, 1.82) is 0 Å². The first-order valence-electron chi connectivity index (χ1n) is 11.3. The molecular formula is C24H37N3O5. The van der Waals surface area contributed by atoms with Crippen LogP contribution < -0.4 is 0 Å². The maximum Gasteiger partial charge on any atom is 0.410 e. The van der Waals surface area contributed by atoms with Gasteiger partial charge in [-0.1, -0.05) is 37.3 Å². The molecule has 0 aliphatic carbocycles. The molecule has 1 fully saturated rings. The molecule has 8 nitrogen and oxygen atoms in total. The van der Waals surface area contributed by atoms with Gasteiger partial charge < -0.3 is 24.2 Å². The lowest BCUT2D eigenvalue weighted by atomic mass is 10.1. The van der Waals surface area contributed by atoms with E-state index in [1.807, 2.05) is 58.0 Å². The average molecular weight is 448 g/mol. The lowest BCUT2D eigenvalue weighted by molar-refractivity contribution is -0.133. The minimum absolute atomic E-state index is 0.0401. The molecule has 1 heterocycles. The third-order valence-corrected chi connectivity index (χ3v) is 5.49. The maximum atomic E-state index is 12.7. The summed E-state index contributed by atoms with van der Waals surface area (Å²) >= 11 is 0. The Morgan fingerprint density at radius 3 is 2.19 bits per heavy atom. The van der Waals surface area contributed by atoms with Crippen LogP contribution in [0.5, 0.6) is 0 Å². The molecule has 178 valence electrons. The van der Waals surface area contributed by atoms with Crippen molar-refractivity contribution < 1.29 is 23.9 Å². The van der Waals surface area contributed by atoms with Crippen molar-refractivity contribution in [3.63, 3.8) is 0 Å². The summed E-state index contributed by atoms with van der Waals surface area (Å²) in [6.45, 7) is 9.63. The number of benzene rings is 1. The molecule has 1 aliphatic rings. The van der Waals surface area contributed by atoms with Crippen LogP contribution in [-0.4, -0.2) is 77.7 Å². The molecule has 0 spiro atoms. The van der Waals surface area contributed by atoms with E-state index >= 15 is 0 Å². The topological polar surface area (TPSA) is 79.4 Å². The van der Waals surface area contributed by atoms with Crippen LogP contribution >= 0.6 is 0 Å². The Kier molecular flexibility index (Phi) is 9.35. The number of hydrogen-bond donors (Lipinski definition) is 0. The molecule has 3 amide bonds.